The maximum atomic E-state index is 12.1. The molecule has 0 spiro atoms. The number of hydrogen-bond acceptors (Lipinski definition) is 5. The number of aliphatic hydroxyl groups excluding tert-OH is 1. The quantitative estimate of drug-likeness (QED) is 0.634. The molecule has 2 amide bonds. The van der Waals surface area contributed by atoms with Crippen molar-refractivity contribution in [1.29, 1.82) is 0 Å². The van der Waals surface area contributed by atoms with Gasteiger partial charge in [0.25, 0.3) is 0 Å². The van der Waals surface area contributed by atoms with Crippen molar-refractivity contribution in [1.82, 2.24) is 15.1 Å². The lowest BCUT2D eigenvalue weighted by atomic mass is 10.2. The van der Waals surface area contributed by atoms with E-state index >= 15 is 0 Å². The van der Waals surface area contributed by atoms with Crippen molar-refractivity contribution in [2.75, 3.05) is 46.4 Å². The molecule has 2 atom stereocenters. The van der Waals surface area contributed by atoms with Gasteiger partial charge in [0, 0.05) is 26.7 Å². The third-order valence-electron chi connectivity index (χ3n) is 3.34. The van der Waals surface area contributed by atoms with Crippen molar-refractivity contribution in [3.63, 3.8) is 0 Å². The fourth-order valence-electron chi connectivity index (χ4n) is 2.31. The Kier molecular flexibility index (Phi) is 7.63. The molecule has 0 aromatic carbocycles. The van der Waals surface area contributed by atoms with E-state index in [9.17, 15) is 14.7 Å². The summed E-state index contributed by atoms with van der Waals surface area (Å²) in [5.74, 6) is -0.247. The molecular formula is C14H27N3O4. The van der Waals surface area contributed by atoms with Gasteiger partial charge in [-0.2, -0.15) is 0 Å². The molecule has 1 rings (SSSR count). The number of nitrogens with one attached hydrogen (secondary N) is 1. The van der Waals surface area contributed by atoms with E-state index in [-0.39, 0.29) is 43.7 Å². The second-order valence-electron chi connectivity index (χ2n) is 5.55. The molecular weight excluding hydrogens is 274 g/mol. The van der Waals surface area contributed by atoms with Gasteiger partial charge in [-0.05, 0) is 13.3 Å². The van der Waals surface area contributed by atoms with Crippen LogP contribution in [-0.2, 0) is 14.3 Å². The van der Waals surface area contributed by atoms with Gasteiger partial charge in [0.2, 0.25) is 11.8 Å². The van der Waals surface area contributed by atoms with Gasteiger partial charge < -0.3 is 20.1 Å². The predicted molar refractivity (Wildman–Crippen MR) is 78.8 cm³/mol. The first kappa shape index (κ1) is 17.9. The zero-order valence-corrected chi connectivity index (χ0v) is 13.2. The number of rotatable bonds is 7. The maximum Gasteiger partial charge on any atom is 0.239 e. The average molecular weight is 301 g/mol. The number of likely N-dealkylation sites (N-methyl/N-ethyl adjacent to an activating group) is 1. The topological polar surface area (TPSA) is 82.1 Å². The van der Waals surface area contributed by atoms with Gasteiger partial charge in [0.1, 0.15) is 0 Å². The minimum absolute atomic E-state index is 0.0122. The first-order valence-corrected chi connectivity index (χ1v) is 7.45. The lowest BCUT2D eigenvalue weighted by Gasteiger charge is -2.36. The van der Waals surface area contributed by atoms with Crippen LogP contribution in [0.25, 0.3) is 0 Å². The molecule has 0 aliphatic carbocycles. The first-order chi connectivity index (χ1) is 9.96. The highest BCUT2D eigenvalue weighted by molar-refractivity contribution is 5.85. The fraction of sp³-hybridized carbons (Fsp3) is 0.857. The van der Waals surface area contributed by atoms with E-state index < -0.39 is 0 Å². The summed E-state index contributed by atoms with van der Waals surface area (Å²) in [7, 11) is 1.63. The highest BCUT2D eigenvalue weighted by atomic mass is 16.5. The van der Waals surface area contributed by atoms with Gasteiger partial charge in [-0.3, -0.25) is 14.5 Å². The van der Waals surface area contributed by atoms with Crippen LogP contribution in [0.15, 0.2) is 0 Å². The zero-order valence-electron chi connectivity index (χ0n) is 13.2. The first-order valence-electron chi connectivity index (χ1n) is 7.45. The second-order valence-corrected chi connectivity index (χ2v) is 5.55. The summed E-state index contributed by atoms with van der Waals surface area (Å²) in [5, 5.41) is 11.9. The Morgan fingerprint density at radius 2 is 2.14 bits per heavy atom. The average Bonchev–Trinajstić information content (AvgIpc) is 2.44. The van der Waals surface area contributed by atoms with E-state index in [0.29, 0.717) is 19.6 Å². The number of morpholine rings is 1. The highest BCUT2D eigenvalue weighted by Gasteiger charge is 2.27. The summed E-state index contributed by atoms with van der Waals surface area (Å²) in [4.78, 5) is 27.1. The summed E-state index contributed by atoms with van der Waals surface area (Å²) in [6, 6.07) is 0. The van der Waals surface area contributed by atoms with E-state index in [4.69, 9.17) is 4.74 Å². The summed E-state index contributed by atoms with van der Waals surface area (Å²) in [6.45, 7) is 5.96. The highest BCUT2D eigenvalue weighted by Crippen LogP contribution is 2.10. The normalized spacial score (nSPS) is 22.9. The molecule has 7 nitrogen and oxygen atoms in total. The number of amides is 2. The zero-order chi connectivity index (χ0) is 15.8. The molecule has 1 aliphatic heterocycles. The smallest absolute Gasteiger partial charge is 0.239 e. The Hall–Kier alpha value is -1.18. The van der Waals surface area contributed by atoms with E-state index in [0.717, 1.165) is 6.42 Å². The van der Waals surface area contributed by atoms with Crippen molar-refractivity contribution in [3.05, 3.63) is 0 Å². The Morgan fingerprint density at radius 3 is 2.76 bits per heavy atom. The van der Waals surface area contributed by atoms with Gasteiger partial charge in [0.15, 0.2) is 0 Å². The third kappa shape index (κ3) is 6.41. The minimum Gasteiger partial charge on any atom is -0.394 e. The molecule has 0 aromatic heterocycles. The Labute approximate surface area is 126 Å². The van der Waals surface area contributed by atoms with Crippen LogP contribution in [0.4, 0.5) is 0 Å². The van der Waals surface area contributed by atoms with Gasteiger partial charge in [0.05, 0.1) is 31.9 Å². The predicted octanol–water partition coefficient (Wildman–Crippen LogP) is -0.947. The fourth-order valence-corrected chi connectivity index (χ4v) is 2.31. The molecule has 0 bridgehead atoms. The van der Waals surface area contributed by atoms with Crippen molar-refractivity contribution in [2.45, 2.75) is 32.5 Å². The van der Waals surface area contributed by atoms with Crippen LogP contribution in [0.1, 0.15) is 20.3 Å². The summed E-state index contributed by atoms with van der Waals surface area (Å²) >= 11 is 0. The number of ether oxygens (including phenoxy) is 1. The molecule has 1 saturated heterocycles. The van der Waals surface area contributed by atoms with E-state index in [1.54, 1.807) is 7.05 Å². The van der Waals surface area contributed by atoms with Crippen LogP contribution in [0.2, 0.25) is 0 Å². The van der Waals surface area contributed by atoms with E-state index in [1.165, 1.54) is 4.90 Å². The standard InChI is InChI=1S/C14H27N3O4/c1-4-5-15-13(19)8-16(3)14(20)9-17-6-11(2)21-12(7-17)10-18/h11-12,18H,4-10H2,1-3H3,(H,15,19). The van der Waals surface area contributed by atoms with Gasteiger partial charge in [-0.25, -0.2) is 0 Å². The van der Waals surface area contributed by atoms with Crippen LogP contribution >= 0.6 is 0 Å². The largest absolute Gasteiger partial charge is 0.394 e. The van der Waals surface area contributed by atoms with E-state index in [2.05, 4.69) is 5.32 Å². The Balaban J connectivity index is 2.39. The number of hydrogen-bond donors (Lipinski definition) is 2. The molecule has 1 heterocycles. The van der Waals surface area contributed by atoms with E-state index in [1.807, 2.05) is 18.7 Å². The Morgan fingerprint density at radius 1 is 1.43 bits per heavy atom. The number of carbonyl (C=O) groups excluding carboxylic acids is 2. The van der Waals surface area contributed by atoms with Crippen LogP contribution in [0.3, 0.4) is 0 Å². The molecule has 0 saturated carbocycles. The SMILES string of the molecule is CCCNC(=O)CN(C)C(=O)CN1CC(C)OC(CO)C1. The van der Waals surface area contributed by atoms with Crippen LogP contribution in [0.5, 0.6) is 0 Å². The second kappa shape index (κ2) is 8.96. The lowest BCUT2D eigenvalue weighted by molar-refractivity contribution is -0.139. The van der Waals surface area contributed by atoms with Crippen LogP contribution in [-0.4, -0.2) is 85.3 Å². The number of aliphatic hydroxyl groups is 1. The van der Waals surface area contributed by atoms with Gasteiger partial charge in [-0.15, -0.1) is 0 Å². The van der Waals surface area contributed by atoms with Crippen LogP contribution in [0, 0.1) is 0 Å². The molecule has 0 aromatic rings. The molecule has 1 fully saturated rings. The number of nitrogens with zero attached hydrogens (tertiary/aromatic N) is 2. The monoisotopic (exact) mass is 301 g/mol. The summed E-state index contributed by atoms with van der Waals surface area (Å²) < 4.78 is 5.54. The third-order valence-corrected chi connectivity index (χ3v) is 3.34. The van der Waals surface area contributed by atoms with Crippen molar-refractivity contribution in [2.24, 2.45) is 0 Å². The van der Waals surface area contributed by atoms with Crippen molar-refractivity contribution < 1.29 is 19.4 Å². The minimum atomic E-state index is -0.250. The molecule has 2 N–H and O–H groups in total. The number of carbonyl (C=O) groups is 2. The van der Waals surface area contributed by atoms with Gasteiger partial charge >= 0.3 is 0 Å². The molecule has 1 aliphatic rings. The molecule has 122 valence electrons. The molecule has 0 radical (unpaired) electrons. The Bertz CT molecular complexity index is 351. The van der Waals surface area contributed by atoms with Crippen molar-refractivity contribution in [3.8, 4) is 0 Å². The molecule has 7 heteroatoms. The summed E-state index contributed by atoms with van der Waals surface area (Å²) in [6.07, 6.45) is 0.610. The maximum absolute atomic E-state index is 12.1. The van der Waals surface area contributed by atoms with Crippen molar-refractivity contribution >= 4 is 11.8 Å². The molecule has 2 unspecified atom stereocenters. The summed E-state index contributed by atoms with van der Waals surface area (Å²) in [5.41, 5.74) is 0. The van der Waals surface area contributed by atoms with Gasteiger partial charge in [-0.1, -0.05) is 6.92 Å². The molecule has 21 heavy (non-hydrogen) atoms. The van der Waals surface area contributed by atoms with Crippen LogP contribution < -0.4 is 5.32 Å². The lowest BCUT2D eigenvalue weighted by Crippen LogP contribution is -2.51.